The Balaban J connectivity index is 1.16. The van der Waals surface area contributed by atoms with Gasteiger partial charge in [-0.3, -0.25) is 0 Å². The van der Waals surface area contributed by atoms with E-state index in [0.29, 0.717) is 31.3 Å². The van der Waals surface area contributed by atoms with Crippen LogP contribution >= 0.6 is 0 Å². The molecule has 1 heterocycles. The summed E-state index contributed by atoms with van der Waals surface area (Å²) in [4.78, 5) is 0. The van der Waals surface area contributed by atoms with Crippen LogP contribution in [0.4, 0.5) is 0 Å². The Morgan fingerprint density at radius 1 is 0.862 bits per heavy atom. The summed E-state index contributed by atoms with van der Waals surface area (Å²) in [5.41, 5.74) is 3.92. The minimum Gasteiger partial charge on any atom is -0.491 e. The maximum atomic E-state index is 5.84. The molecule has 0 N–H and O–H groups in total. The zero-order valence-electron chi connectivity index (χ0n) is 17.6. The smallest absolute Gasteiger partial charge is 0.119 e. The highest BCUT2D eigenvalue weighted by atomic mass is 16.6. The number of fused-ring (bicyclic) bond motifs is 1. The van der Waals surface area contributed by atoms with Gasteiger partial charge in [-0.1, -0.05) is 56.2 Å². The Hall–Kier alpha value is -1.84. The lowest BCUT2D eigenvalue weighted by atomic mass is 9.90. The summed E-state index contributed by atoms with van der Waals surface area (Å²) in [6, 6.07) is 17.3. The highest BCUT2D eigenvalue weighted by Crippen LogP contribution is 2.39. The Bertz CT molecular complexity index is 738. The molecule has 156 valence electrons. The van der Waals surface area contributed by atoms with Gasteiger partial charge in [-0.05, 0) is 66.8 Å². The van der Waals surface area contributed by atoms with Crippen LogP contribution in [0, 0.1) is 5.92 Å². The molecule has 1 saturated carbocycles. The van der Waals surface area contributed by atoms with Crippen LogP contribution in [0.15, 0.2) is 48.5 Å². The summed E-state index contributed by atoms with van der Waals surface area (Å²) < 4.78 is 17.2. The lowest BCUT2D eigenvalue weighted by Gasteiger charge is -2.18. The first-order valence-corrected chi connectivity index (χ1v) is 11.4. The second-order valence-electron chi connectivity index (χ2n) is 8.49. The number of rotatable bonds is 11. The molecule has 2 aliphatic rings. The summed E-state index contributed by atoms with van der Waals surface area (Å²) in [7, 11) is 0. The molecule has 1 aliphatic heterocycles. The summed E-state index contributed by atoms with van der Waals surface area (Å²) in [5.74, 6) is 1.57. The lowest BCUT2D eigenvalue weighted by molar-refractivity contribution is 0.0656. The number of aryl methyl sites for hydroxylation is 1. The van der Waals surface area contributed by atoms with Gasteiger partial charge in [-0.25, -0.2) is 0 Å². The highest BCUT2D eigenvalue weighted by molar-refractivity contribution is 5.64. The Morgan fingerprint density at radius 3 is 2.34 bits per heavy atom. The predicted molar refractivity (Wildman–Crippen MR) is 117 cm³/mol. The van der Waals surface area contributed by atoms with Crippen molar-refractivity contribution in [3.8, 4) is 16.9 Å². The van der Waals surface area contributed by atoms with Gasteiger partial charge in [0.1, 0.15) is 12.4 Å². The van der Waals surface area contributed by atoms with Crippen LogP contribution in [-0.2, 0) is 15.9 Å². The molecule has 0 aromatic heterocycles. The van der Waals surface area contributed by atoms with Crippen molar-refractivity contribution in [3.05, 3.63) is 54.1 Å². The highest BCUT2D eigenvalue weighted by Gasteiger charge is 2.43. The Kier molecular flexibility index (Phi) is 7.23. The molecule has 2 aromatic rings. The molecule has 4 rings (SSSR count). The van der Waals surface area contributed by atoms with E-state index in [1.165, 1.54) is 61.6 Å². The molecule has 3 heteroatoms. The molecule has 2 aromatic carbocycles. The fraction of sp³-hybridized carbons (Fsp3) is 0.538. The molecule has 0 bridgehead atoms. The third kappa shape index (κ3) is 6.07. The van der Waals surface area contributed by atoms with Crippen LogP contribution in [0.25, 0.3) is 11.1 Å². The second-order valence-corrected chi connectivity index (χ2v) is 8.49. The van der Waals surface area contributed by atoms with E-state index in [2.05, 4.69) is 55.5 Å². The molecule has 1 saturated heterocycles. The largest absolute Gasteiger partial charge is 0.491 e. The lowest BCUT2D eigenvalue weighted by Crippen LogP contribution is -2.19. The maximum absolute atomic E-state index is 5.84. The molecule has 0 spiro atoms. The van der Waals surface area contributed by atoms with Crippen molar-refractivity contribution in [3.63, 3.8) is 0 Å². The number of benzene rings is 2. The Morgan fingerprint density at radius 2 is 1.62 bits per heavy atom. The van der Waals surface area contributed by atoms with E-state index in [-0.39, 0.29) is 0 Å². The summed E-state index contributed by atoms with van der Waals surface area (Å²) >= 11 is 0. The third-order valence-electron chi connectivity index (χ3n) is 6.17. The summed E-state index contributed by atoms with van der Waals surface area (Å²) in [6.07, 6.45) is 9.77. The monoisotopic (exact) mass is 394 g/mol. The van der Waals surface area contributed by atoms with Crippen molar-refractivity contribution < 1.29 is 14.2 Å². The molecule has 2 fully saturated rings. The minimum absolute atomic E-state index is 0.532. The molecule has 3 atom stereocenters. The van der Waals surface area contributed by atoms with Crippen molar-refractivity contribution in [1.82, 2.24) is 0 Å². The zero-order chi connectivity index (χ0) is 19.9. The minimum atomic E-state index is 0.532. The SMILES string of the molecule is CCCCCc1ccc(-c2ccc(OCCOCC3CCC4OC4C3)cc2)cc1. The van der Waals surface area contributed by atoms with Crippen molar-refractivity contribution >= 4 is 0 Å². The fourth-order valence-corrected chi connectivity index (χ4v) is 4.29. The van der Waals surface area contributed by atoms with E-state index < -0.39 is 0 Å². The average molecular weight is 395 g/mol. The number of unbranched alkanes of at least 4 members (excludes halogenated alkanes) is 2. The summed E-state index contributed by atoms with van der Waals surface area (Å²) in [6.45, 7) is 4.33. The molecular weight excluding hydrogens is 360 g/mol. The standard InChI is InChI=1S/C26H34O3/c1-2-3-4-5-20-6-9-22(10-7-20)23-11-13-24(14-12-23)28-17-16-27-19-21-8-15-25-26(18-21)29-25/h6-7,9-14,21,25-26H,2-5,8,15-19H2,1H3. The second kappa shape index (κ2) is 10.3. The number of epoxide rings is 1. The van der Waals surface area contributed by atoms with Gasteiger partial charge in [0.2, 0.25) is 0 Å². The van der Waals surface area contributed by atoms with Crippen LogP contribution in [0.2, 0.25) is 0 Å². The average Bonchev–Trinajstić information content (AvgIpc) is 3.54. The van der Waals surface area contributed by atoms with E-state index in [4.69, 9.17) is 14.2 Å². The predicted octanol–water partition coefficient (Wildman–Crippen LogP) is 6.05. The van der Waals surface area contributed by atoms with Crippen LogP contribution in [0.3, 0.4) is 0 Å². The van der Waals surface area contributed by atoms with Gasteiger partial charge >= 0.3 is 0 Å². The molecule has 0 amide bonds. The molecule has 29 heavy (non-hydrogen) atoms. The van der Waals surface area contributed by atoms with Crippen molar-refractivity contribution in [1.29, 1.82) is 0 Å². The zero-order valence-corrected chi connectivity index (χ0v) is 17.6. The maximum Gasteiger partial charge on any atom is 0.119 e. The first-order valence-electron chi connectivity index (χ1n) is 11.4. The topological polar surface area (TPSA) is 31.0 Å². The normalized spacial score (nSPS) is 22.9. The van der Waals surface area contributed by atoms with Gasteiger partial charge in [0.25, 0.3) is 0 Å². The van der Waals surface area contributed by atoms with E-state index in [9.17, 15) is 0 Å². The fourth-order valence-electron chi connectivity index (χ4n) is 4.29. The van der Waals surface area contributed by atoms with E-state index in [1.54, 1.807) is 0 Å². The summed E-state index contributed by atoms with van der Waals surface area (Å²) in [5, 5.41) is 0. The molecular formula is C26H34O3. The van der Waals surface area contributed by atoms with Gasteiger partial charge in [0, 0.05) is 6.61 Å². The molecule has 3 unspecified atom stereocenters. The van der Waals surface area contributed by atoms with Crippen molar-refractivity contribution in [2.45, 2.75) is 64.1 Å². The Labute approximate surface area is 175 Å². The van der Waals surface area contributed by atoms with Crippen LogP contribution < -0.4 is 4.74 Å². The van der Waals surface area contributed by atoms with Crippen LogP contribution in [0.5, 0.6) is 5.75 Å². The van der Waals surface area contributed by atoms with Gasteiger partial charge in [-0.2, -0.15) is 0 Å². The molecule has 0 radical (unpaired) electrons. The van der Waals surface area contributed by atoms with E-state index >= 15 is 0 Å². The van der Waals surface area contributed by atoms with Gasteiger partial charge in [0.15, 0.2) is 0 Å². The van der Waals surface area contributed by atoms with Crippen molar-refractivity contribution in [2.24, 2.45) is 5.92 Å². The first-order chi connectivity index (χ1) is 14.3. The quantitative estimate of drug-likeness (QED) is 0.343. The number of hydrogen-bond acceptors (Lipinski definition) is 3. The van der Waals surface area contributed by atoms with Gasteiger partial charge in [-0.15, -0.1) is 0 Å². The number of hydrogen-bond donors (Lipinski definition) is 0. The third-order valence-corrected chi connectivity index (χ3v) is 6.17. The van der Waals surface area contributed by atoms with Gasteiger partial charge in [0.05, 0.1) is 18.8 Å². The molecule has 1 aliphatic carbocycles. The first kappa shape index (κ1) is 20.4. The number of ether oxygens (including phenoxy) is 3. The van der Waals surface area contributed by atoms with E-state index in [0.717, 1.165) is 12.4 Å². The van der Waals surface area contributed by atoms with Gasteiger partial charge < -0.3 is 14.2 Å². The van der Waals surface area contributed by atoms with Crippen LogP contribution in [-0.4, -0.2) is 32.0 Å². The van der Waals surface area contributed by atoms with Crippen molar-refractivity contribution in [2.75, 3.05) is 19.8 Å². The van der Waals surface area contributed by atoms with Crippen LogP contribution in [0.1, 0.15) is 51.0 Å². The molecule has 3 nitrogen and oxygen atoms in total. The van der Waals surface area contributed by atoms with E-state index in [1.807, 2.05) is 0 Å².